The van der Waals surface area contributed by atoms with E-state index in [1.54, 1.807) is 0 Å². The van der Waals surface area contributed by atoms with Gasteiger partial charge in [-0.15, -0.1) is 0 Å². The lowest BCUT2D eigenvalue weighted by Gasteiger charge is -2.19. The molecule has 0 saturated carbocycles. The number of carboxylic acid groups (broad SMARTS) is 1. The van der Waals surface area contributed by atoms with Gasteiger partial charge in [-0.3, -0.25) is 4.90 Å². The summed E-state index contributed by atoms with van der Waals surface area (Å²) < 4.78 is 0. The van der Waals surface area contributed by atoms with Crippen LogP contribution >= 0.6 is 0 Å². The van der Waals surface area contributed by atoms with Crippen molar-refractivity contribution >= 4 is 6.09 Å². The summed E-state index contributed by atoms with van der Waals surface area (Å²) >= 11 is 0. The average Bonchev–Trinajstić information content (AvgIpc) is 2.30. The van der Waals surface area contributed by atoms with Crippen LogP contribution < -0.4 is 0 Å². The van der Waals surface area contributed by atoms with Crippen LogP contribution in [0, 0.1) is 5.92 Å². The van der Waals surface area contributed by atoms with Gasteiger partial charge in [0.15, 0.2) is 0 Å². The molecule has 0 bridgehead atoms. The van der Waals surface area contributed by atoms with Crippen molar-refractivity contribution in [2.45, 2.75) is 26.0 Å². The largest absolute Gasteiger partial charge is 0.465 e. The molecule has 1 heterocycles. The fourth-order valence-corrected chi connectivity index (χ4v) is 1.46. The molecule has 2 N–H and O–H groups in total. The van der Waals surface area contributed by atoms with E-state index in [-0.39, 0.29) is 5.92 Å². The normalized spacial score (nSPS) is 30.9. The maximum Gasteiger partial charge on any atom is 0.409 e. The first-order valence-electron chi connectivity index (χ1n) is 3.84. The van der Waals surface area contributed by atoms with Crippen LogP contribution in [0.5, 0.6) is 0 Å². The second kappa shape index (κ2) is 3.09. The van der Waals surface area contributed by atoms with E-state index in [0.717, 1.165) is 17.7 Å². The second-order valence-corrected chi connectivity index (χ2v) is 2.85. The van der Waals surface area contributed by atoms with Crippen LogP contribution in [0.25, 0.3) is 0 Å². The van der Waals surface area contributed by atoms with Crippen molar-refractivity contribution in [3.05, 3.63) is 0 Å². The van der Waals surface area contributed by atoms with E-state index in [1.807, 2.05) is 6.92 Å². The lowest BCUT2D eigenvalue weighted by molar-refractivity contribution is 0.0140. The minimum absolute atomic E-state index is 0.131. The van der Waals surface area contributed by atoms with Crippen molar-refractivity contribution in [3.8, 4) is 0 Å². The first-order valence-corrected chi connectivity index (χ1v) is 3.84. The molecule has 1 fully saturated rings. The Bertz CT molecular complexity index is 160. The second-order valence-electron chi connectivity index (χ2n) is 2.85. The van der Waals surface area contributed by atoms with E-state index in [4.69, 9.17) is 5.11 Å². The summed E-state index contributed by atoms with van der Waals surface area (Å²) in [5.74, 6) is 0.131. The van der Waals surface area contributed by atoms with E-state index in [1.165, 1.54) is 0 Å². The molecule has 0 spiro atoms. The van der Waals surface area contributed by atoms with Crippen molar-refractivity contribution in [2.75, 3.05) is 6.54 Å². The van der Waals surface area contributed by atoms with Gasteiger partial charge in [0.25, 0.3) is 0 Å². The number of rotatable bonds is 1. The highest BCUT2D eigenvalue weighted by atomic mass is 16.4. The number of aliphatic hydroxyl groups is 1. The molecule has 0 aromatic heterocycles. The van der Waals surface area contributed by atoms with Gasteiger partial charge >= 0.3 is 6.09 Å². The first kappa shape index (κ1) is 8.33. The highest BCUT2D eigenvalue weighted by molar-refractivity contribution is 5.65. The Morgan fingerprint density at radius 1 is 1.73 bits per heavy atom. The van der Waals surface area contributed by atoms with E-state index in [0.29, 0.717) is 6.54 Å². The van der Waals surface area contributed by atoms with Gasteiger partial charge in [-0.2, -0.15) is 0 Å². The molecule has 1 aliphatic heterocycles. The van der Waals surface area contributed by atoms with E-state index >= 15 is 0 Å². The third-order valence-electron chi connectivity index (χ3n) is 2.25. The molecule has 0 aromatic rings. The zero-order chi connectivity index (χ0) is 8.43. The van der Waals surface area contributed by atoms with Crippen LogP contribution in [0.15, 0.2) is 0 Å². The average molecular weight is 159 g/mol. The van der Waals surface area contributed by atoms with Gasteiger partial charge in [0.05, 0.1) is 0 Å². The van der Waals surface area contributed by atoms with Crippen molar-refractivity contribution in [1.82, 2.24) is 4.90 Å². The number of hydrogen-bond acceptors (Lipinski definition) is 2. The van der Waals surface area contributed by atoms with E-state index < -0.39 is 12.3 Å². The van der Waals surface area contributed by atoms with Crippen LogP contribution in [-0.4, -0.2) is 34.0 Å². The lowest BCUT2D eigenvalue weighted by atomic mass is 10.1. The zero-order valence-corrected chi connectivity index (χ0v) is 6.53. The summed E-state index contributed by atoms with van der Waals surface area (Å²) in [6.07, 6.45) is -0.180. The number of hydrogen-bond donors (Lipinski definition) is 2. The van der Waals surface area contributed by atoms with Gasteiger partial charge < -0.3 is 10.2 Å². The molecule has 64 valence electrons. The van der Waals surface area contributed by atoms with Crippen LogP contribution in [0.2, 0.25) is 0 Å². The van der Waals surface area contributed by atoms with Gasteiger partial charge in [0.2, 0.25) is 0 Å². The fraction of sp³-hybridized carbons (Fsp3) is 0.857. The number of amides is 1. The molecule has 0 aromatic carbocycles. The van der Waals surface area contributed by atoms with Gasteiger partial charge in [-0.05, 0) is 12.8 Å². The molecule has 2 atom stereocenters. The standard InChI is InChI=1S/C7H13NO3/c1-2-5-3-4-8(6(5)9)7(10)11/h5-6,9H,2-4H2,1H3,(H,10,11). The van der Waals surface area contributed by atoms with Crippen molar-refractivity contribution in [3.63, 3.8) is 0 Å². The zero-order valence-electron chi connectivity index (χ0n) is 6.53. The minimum atomic E-state index is -1.02. The number of likely N-dealkylation sites (tertiary alicyclic amines) is 1. The van der Waals surface area contributed by atoms with Crippen molar-refractivity contribution in [1.29, 1.82) is 0 Å². The molecule has 4 heteroatoms. The fourth-order valence-electron chi connectivity index (χ4n) is 1.46. The van der Waals surface area contributed by atoms with Gasteiger partial charge in [0, 0.05) is 12.5 Å². The summed E-state index contributed by atoms with van der Waals surface area (Å²) in [4.78, 5) is 11.5. The topological polar surface area (TPSA) is 60.8 Å². The molecule has 1 aliphatic rings. The SMILES string of the molecule is CCC1CCN(C(=O)O)C1O. The molecule has 1 amide bonds. The smallest absolute Gasteiger partial charge is 0.409 e. The monoisotopic (exact) mass is 159 g/mol. The summed E-state index contributed by atoms with van der Waals surface area (Å²) in [7, 11) is 0. The number of aliphatic hydroxyl groups excluding tert-OH is 1. The Labute approximate surface area is 65.4 Å². The maximum atomic E-state index is 10.4. The Kier molecular flexibility index (Phi) is 2.34. The van der Waals surface area contributed by atoms with E-state index in [9.17, 15) is 9.90 Å². The quantitative estimate of drug-likeness (QED) is 0.592. The Hall–Kier alpha value is -0.770. The van der Waals surface area contributed by atoms with Crippen LogP contribution in [-0.2, 0) is 0 Å². The van der Waals surface area contributed by atoms with Crippen molar-refractivity contribution < 1.29 is 15.0 Å². The highest BCUT2D eigenvalue weighted by Crippen LogP contribution is 2.24. The maximum absolute atomic E-state index is 10.4. The molecular formula is C7H13NO3. The molecule has 11 heavy (non-hydrogen) atoms. The molecule has 1 saturated heterocycles. The Balaban J connectivity index is 2.55. The summed E-state index contributed by atoms with van der Waals surface area (Å²) in [6, 6.07) is 0. The van der Waals surface area contributed by atoms with Crippen LogP contribution in [0.4, 0.5) is 4.79 Å². The van der Waals surface area contributed by atoms with Crippen molar-refractivity contribution in [2.24, 2.45) is 5.92 Å². The molecule has 4 nitrogen and oxygen atoms in total. The molecular weight excluding hydrogens is 146 g/mol. The van der Waals surface area contributed by atoms with Gasteiger partial charge in [0.1, 0.15) is 6.23 Å². The molecule has 0 radical (unpaired) electrons. The van der Waals surface area contributed by atoms with Crippen LogP contribution in [0.3, 0.4) is 0 Å². The van der Waals surface area contributed by atoms with Crippen LogP contribution in [0.1, 0.15) is 19.8 Å². The molecule has 0 aliphatic carbocycles. The first-order chi connectivity index (χ1) is 5.16. The van der Waals surface area contributed by atoms with Gasteiger partial charge in [-0.1, -0.05) is 6.92 Å². The third-order valence-corrected chi connectivity index (χ3v) is 2.25. The summed E-state index contributed by atoms with van der Waals surface area (Å²) in [5.41, 5.74) is 0. The Morgan fingerprint density at radius 3 is 2.64 bits per heavy atom. The molecule has 1 rings (SSSR count). The summed E-state index contributed by atoms with van der Waals surface area (Å²) in [5, 5.41) is 17.9. The predicted octanol–water partition coefficient (Wildman–Crippen LogP) is 0.715. The van der Waals surface area contributed by atoms with E-state index in [2.05, 4.69) is 0 Å². The highest BCUT2D eigenvalue weighted by Gasteiger charge is 2.34. The minimum Gasteiger partial charge on any atom is -0.465 e. The number of carbonyl (C=O) groups is 1. The third kappa shape index (κ3) is 1.45. The molecule has 2 unspecified atom stereocenters. The number of nitrogens with zero attached hydrogens (tertiary/aromatic N) is 1. The Morgan fingerprint density at radius 2 is 2.36 bits per heavy atom. The summed E-state index contributed by atoms with van der Waals surface area (Å²) in [6.45, 7) is 2.42. The lowest BCUT2D eigenvalue weighted by Crippen LogP contribution is -2.36. The predicted molar refractivity (Wildman–Crippen MR) is 39.1 cm³/mol. The van der Waals surface area contributed by atoms with Gasteiger partial charge in [-0.25, -0.2) is 4.79 Å².